The van der Waals surface area contributed by atoms with Crippen molar-refractivity contribution in [3.8, 4) is 5.75 Å². The Labute approximate surface area is 134 Å². The minimum absolute atomic E-state index is 0.00444. The first-order valence-electron chi connectivity index (χ1n) is 7.31. The van der Waals surface area contributed by atoms with Crippen molar-refractivity contribution in [2.75, 3.05) is 7.11 Å². The van der Waals surface area contributed by atoms with Crippen molar-refractivity contribution in [1.82, 2.24) is 4.98 Å². The Morgan fingerprint density at radius 3 is 2.30 bits per heavy atom. The molecular formula is C18H20F3NO. The second-order valence-electron chi connectivity index (χ2n) is 6.50. The fourth-order valence-electron chi connectivity index (χ4n) is 2.33. The van der Waals surface area contributed by atoms with Gasteiger partial charge >= 0.3 is 6.18 Å². The molecule has 0 fully saturated rings. The highest BCUT2D eigenvalue weighted by Crippen LogP contribution is 2.36. The van der Waals surface area contributed by atoms with E-state index in [4.69, 9.17) is 4.74 Å². The molecule has 2 aromatic rings. The minimum atomic E-state index is -4.42. The van der Waals surface area contributed by atoms with E-state index in [9.17, 15) is 13.2 Å². The van der Waals surface area contributed by atoms with Crippen LogP contribution in [0.4, 0.5) is 13.2 Å². The summed E-state index contributed by atoms with van der Waals surface area (Å²) >= 11 is 0. The molecular weight excluding hydrogens is 303 g/mol. The van der Waals surface area contributed by atoms with Crippen molar-refractivity contribution in [1.29, 1.82) is 0 Å². The molecule has 0 N–H and O–H groups in total. The number of methoxy groups -OCH3 is 1. The topological polar surface area (TPSA) is 22.1 Å². The van der Waals surface area contributed by atoms with Crippen LogP contribution >= 0.6 is 0 Å². The number of halogens is 3. The van der Waals surface area contributed by atoms with E-state index in [1.807, 2.05) is 12.1 Å². The van der Waals surface area contributed by atoms with E-state index < -0.39 is 11.7 Å². The maximum Gasteiger partial charge on any atom is 0.419 e. The molecule has 2 rings (SSSR count). The van der Waals surface area contributed by atoms with Crippen LogP contribution in [-0.2, 0) is 18.0 Å². The number of ether oxygens (including phenoxy) is 1. The fraction of sp³-hybridized carbons (Fsp3) is 0.389. The number of rotatable bonds is 3. The Kier molecular flexibility index (Phi) is 4.68. The Bertz CT molecular complexity index is 687. The van der Waals surface area contributed by atoms with Crippen LogP contribution in [0.25, 0.3) is 0 Å². The highest BCUT2D eigenvalue weighted by molar-refractivity contribution is 5.41. The number of benzene rings is 1. The van der Waals surface area contributed by atoms with Crippen molar-refractivity contribution >= 4 is 0 Å². The molecule has 0 saturated carbocycles. The van der Waals surface area contributed by atoms with Crippen LogP contribution in [-0.4, -0.2) is 12.1 Å². The maximum absolute atomic E-state index is 12.9. The number of hydrogen-bond donors (Lipinski definition) is 0. The third-order valence-corrected chi connectivity index (χ3v) is 3.64. The van der Waals surface area contributed by atoms with Gasteiger partial charge in [-0.05, 0) is 40.8 Å². The first-order valence-corrected chi connectivity index (χ1v) is 7.31. The van der Waals surface area contributed by atoms with E-state index >= 15 is 0 Å². The summed E-state index contributed by atoms with van der Waals surface area (Å²) in [6.45, 7) is 6.31. The molecule has 1 aromatic heterocycles. The van der Waals surface area contributed by atoms with Crippen molar-refractivity contribution in [3.05, 3.63) is 58.9 Å². The van der Waals surface area contributed by atoms with Gasteiger partial charge in [0, 0.05) is 18.3 Å². The summed E-state index contributed by atoms with van der Waals surface area (Å²) < 4.78 is 43.5. The molecule has 0 unspecified atom stereocenters. The van der Waals surface area contributed by atoms with Crippen LogP contribution in [0.3, 0.4) is 0 Å². The molecule has 0 spiro atoms. The van der Waals surface area contributed by atoms with Gasteiger partial charge < -0.3 is 4.74 Å². The molecule has 5 heteroatoms. The summed E-state index contributed by atoms with van der Waals surface area (Å²) in [4.78, 5) is 4.31. The Balaban J connectivity index is 2.31. The van der Waals surface area contributed by atoms with E-state index in [0.29, 0.717) is 6.42 Å². The Morgan fingerprint density at radius 2 is 1.74 bits per heavy atom. The van der Waals surface area contributed by atoms with Gasteiger partial charge in [0.1, 0.15) is 5.75 Å². The summed E-state index contributed by atoms with van der Waals surface area (Å²) in [5, 5.41) is 0. The molecule has 0 aliphatic rings. The summed E-state index contributed by atoms with van der Waals surface area (Å²) in [7, 11) is 1.24. The summed E-state index contributed by atoms with van der Waals surface area (Å²) in [6, 6.07) is 7.90. The number of pyridine rings is 1. The molecule has 0 atom stereocenters. The van der Waals surface area contributed by atoms with Crippen LogP contribution < -0.4 is 4.74 Å². The minimum Gasteiger partial charge on any atom is -0.496 e. The SMILES string of the molecule is COc1cc(Cc2cc(C(C)(C)C)ccn2)ccc1C(F)(F)F. The molecule has 0 aliphatic carbocycles. The number of nitrogens with zero attached hydrogens (tertiary/aromatic N) is 1. The summed E-state index contributed by atoms with van der Waals surface area (Å²) in [6.07, 6.45) is -2.23. The predicted octanol–water partition coefficient (Wildman–Crippen LogP) is 5.00. The van der Waals surface area contributed by atoms with Gasteiger partial charge in [-0.2, -0.15) is 13.2 Å². The number of aromatic nitrogens is 1. The van der Waals surface area contributed by atoms with Crippen molar-refractivity contribution in [2.24, 2.45) is 0 Å². The zero-order valence-corrected chi connectivity index (χ0v) is 13.7. The van der Waals surface area contributed by atoms with Gasteiger partial charge in [0.15, 0.2) is 0 Å². The maximum atomic E-state index is 12.9. The summed E-state index contributed by atoms with van der Waals surface area (Å²) in [5.41, 5.74) is 1.92. The van der Waals surface area contributed by atoms with E-state index in [-0.39, 0.29) is 11.2 Å². The van der Waals surface area contributed by atoms with Gasteiger partial charge in [-0.3, -0.25) is 4.98 Å². The standard InChI is InChI=1S/C18H20F3NO/c1-17(2,3)13-7-8-22-14(11-13)9-12-5-6-15(18(19,20)21)16(10-12)23-4/h5-8,10-11H,9H2,1-4H3. The van der Waals surface area contributed by atoms with Gasteiger partial charge in [0.05, 0.1) is 12.7 Å². The first-order chi connectivity index (χ1) is 10.6. The van der Waals surface area contributed by atoms with Gasteiger partial charge in [-0.15, -0.1) is 0 Å². The van der Waals surface area contributed by atoms with Crippen molar-refractivity contribution in [3.63, 3.8) is 0 Å². The normalized spacial score (nSPS) is 12.3. The van der Waals surface area contributed by atoms with Crippen molar-refractivity contribution in [2.45, 2.75) is 38.8 Å². The Morgan fingerprint density at radius 1 is 1.04 bits per heavy atom. The van der Waals surface area contributed by atoms with Gasteiger partial charge in [0.25, 0.3) is 0 Å². The van der Waals surface area contributed by atoms with E-state index in [1.165, 1.54) is 19.2 Å². The van der Waals surface area contributed by atoms with Crippen LogP contribution in [0.1, 0.15) is 43.2 Å². The largest absolute Gasteiger partial charge is 0.496 e. The molecule has 23 heavy (non-hydrogen) atoms. The van der Waals surface area contributed by atoms with Crippen LogP contribution in [0, 0.1) is 0 Å². The molecule has 0 aliphatic heterocycles. The second kappa shape index (κ2) is 6.22. The number of alkyl halides is 3. The predicted molar refractivity (Wildman–Crippen MR) is 83.7 cm³/mol. The molecule has 0 bridgehead atoms. The fourth-order valence-corrected chi connectivity index (χ4v) is 2.33. The Hall–Kier alpha value is -2.04. The monoisotopic (exact) mass is 323 g/mol. The third-order valence-electron chi connectivity index (χ3n) is 3.64. The van der Waals surface area contributed by atoms with Gasteiger partial charge in [0.2, 0.25) is 0 Å². The molecule has 0 amide bonds. The zero-order valence-electron chi connectivity index (χ0n) is 13.7. The van der Waals surface area contributed by atoms with Crippen molar-refractivity contribution < 1.29 is 17.9 Å². The molecule has 2 nitrogen and oxygen atoms in total. The van der Waals surface area contributed by atoms with E-state index in [1.54, 1.807) is 6.20 Å². The molecule has 0 saturated heterocycles. The lowest BCUT2D eigenvalue weighted by molar-refractivity contribution is -0.138. The molecule has 1 aromatic carbocycles. The van der Waals surface area contributed by atoms with Crippen LogP contribution in [0.5, 0.6) is 5.75 Å². The highest BCUT2D eigenvalue weighted by atomic mass is 19.4. The lowest BCUT2D eigenvalue weighted by atomic mass is 9.87. The second-order valence-corrected chi connectivity index (χ2v) is 6.50. The third kappa shape index (κ3) is 4.24. The lowest BCUT2D eigenvalue weighted by Gasteiger charge is -2.19. The summed E-state index contributed by atoms with van der Waals surface area (Å²) in [5.74, 6) is -0.165. The molecule has 1 heterocycles. The van der Waals surface area contributed by atoms with Crippen LogP contribution in [0.2, 0.25) is 0 Å². The van der Waals surface area contributed by atoms with E-state index in [0.717, 1.165) is 22.9 Å². The first kappa shape index (κ1) is 17.3. The van der Waals surface area contributed by atoms with Crippen LogP contribution in [0.15, 0.2) is 36.5 Å². The quantitative estimate of drug-likeness (QED) is 0.793. The molecule has 124 valence electrons. The smallest absolute Gasteiger partial charge is 0.419 e. The molecule has 0 radical (unpaired) electrons. The average molecular weight is 323 g/mol. The van der Waals surface area contributed by atoms with Gasteiger partial charge in [-0.1, -0.05) is 26.8 Å². The lowest BCUT2D eigenvalue weighted by Crippen LogP contribution is -2.12. The highest BCUT2D eigenvalue weighted by Gasteiger charge is 2.34. The van der Waals surface area contributed by atoms with Gasteiger partial charge in [-0.25, -0.2) is 0 Å². The van der Waals surface area contributed by atoms with E-state index in [2.05, 4.69) is 25.8 Å². The number of hydrogen-bond acceptors (Lipinski definition) is 2. The average Bonchev–Trinajstić information content (AvgIpc) is 2.45. The zero-order chi connectivity index (χ0) is 17.3.